The highest BCUT2D eigenvalue weighted by Crippen LogP contribution is 2.25. The SMILES string of the molecule is Fc1ccccc1CNc1ccc(OC2CCCC2)cc1. The van der Waals surface area contributed by atoms with Crippen molar-refractivity contribution in [2.75, 3.05) is 5.32 Å². The van der Waals surface area contributed by atoms with Gasteiger partial charge in [0.25, 0.3) is 0 Å². The van der Waals surface area contributed by atoms with Crippen molar-refractivity contribution in [3.8, 4) is 5.75 Å². The molecule has 1 N–H and O–H groups in total. The molecule has 0 radical (unpaired) electrons. The first-order valence-electron chi connectivity index (χ1n) is 7.55. The Labute approximate surface area is 125 Å². The van der Waals surface area contributed by atoms with Crippen molar-refractivity contribution in [3.63, 3.8) is 0 Å². The van der Waals surface area contributed by atoms with Crippen molar-refractivity contribution in [2.24, 2.45) is 0 Å². The Bertz CT molecular complexity index is 576. The molecule has 21 heavy (non-hydrogen) atoms. The van der Waals surface area contributed by atoms with Gasteiger partial charge in [0.15, 0.2) is 0 Å². The third kappa shape index (κ3) is 3.75. The molecule has 3 rings (SSSR count). The number of hydrogen-bond donors (Lipinski definition) is 1. The van der Waals surface area contributed by atoms with E-state index in [0.29, 0.717) is 18.2 Å². The fraction of sp³-hybridized carbons (Fsp3) is 0.333. The molecule has 0 atom stereocenters. The summed E-state index contributed by atoms with van der Waals surface area (Å²) < 4.78 is 19.4. The van der Waals surface area contributed by atoms with Gasteiger partial charge in [0.2, 0.25) is 0 Å². The summed E-state index contributed by atoms with van der Waals surface area (Å²) in [5, 5.41) is 3.23. The second-order valence-corrected chi connectivity index (χ2v) is 5.49. The maximum absolute atomic E-state index is 13.5. The van der Waals surface area contributed by atoms with Gasteiger partial charge in [-0.1, -0.05) is 18.2 Å². The molecular formula is C18H20FNO. The average molecular weight is 285 g/mol. The number of hydrogen-bond acceptors (Lipinski definition) is 2. The molecule has 0 amide bonds. The van der Waals surface area contributed by atoms with Crippen molar-refractivity contribution >= 4 is 5.69 Å². The Morgan fingerprint density at radius 1 is 1.00 bits per heavy atom. The van der Waals surface area contributed by atoms with E-state index in [-0.39, 0.29) is 5.82 Å². The van der Waals surface area contributed by atoms with Crippen LogP contribution in [0.5, 0.6) is 5.75 Å². The second-order valence-electron chi connectivity index (χ2n) is 5.49. The molecule has 110 valence electrons. The van der Waals surface area contributed by atoms with Crippen molar-refractivity contribution in [1.29, 1.82) is 0 Å². The standard InChI is InChI=1S/C18H20FNO/c19-18-8-4-1-5-14(18)13-20-15-9-11-17(12-10-15)21-16-6-2-3-7-16/h1,4-5,8-12,16,20H,2-3,6-7,13H2. The van der Waals surface area contributed by atoms with Crippen molar-refractivity contribution < 1.29 is 9.13 Å². The van der Waals surface area contributed by atoms with Crippen LogP contribution < -0.4 is 10.1 Å². The van der Waals surface area contributed by atoms with E-state index in [1.807, 2.05) is 30.3 Å². The highest BCUT2D eigenvalue weighted by molar-refractivity contribution is 5.46. The molecule has 0 aliphatic heterocycles. The summed E-state index contributed by atoms with van der Waals surface area (Å²) in [6.07, 6.45) is 5.24. The minimum atomic E-state index is -0.175. The first kappa shape index (κ1) is 13.9. The van der Waals surface area contributed by atoms with E-state index in [2.05, 4.69) is 5.32 Å². The fourth-order valence-electron chi connectivity index (χ4n) is 2.69. The van der Waals surface area contributed by atoms with Crippen LogP contribution in [0.1, 0.15) is 31.2 Å². The van der Waals surface area contributed by atoms with Gasteiger partial charge in [-0.25, -0.2) is 4.39 Å². The summed E-state index contributed by atoms with van der Waals surface area (Å²) in [5.41, 5.74) is 1.64. The molecule has 0 unspecified atom stereocenters. The summed E-state index contributed by atoms with van der Waals surface area (Å²) in [6.45, 7) is 0.482. The van der Waals surface area contributed by atoms with Gasteiger partial charge < -0.3 is 10.1 Å². The molecule has 0 saturated heterocycles. The predicted molar refractivity (Wildman–Crippen MR) is 83.1 cm³/mol. The molecule has 1 aliphatic rings. The number of halogens is 1. The average Bonchev–Trinajstić information content (AvgIpc) is 3.01. The first-order valence-corrected chi connectivity index (χ1v) is 7.55. The first-order chi connectivity index (χ1) is 10.3. The van der Waals surface area contributed by atoms with Gasteiger partial charge in [-0.05, 0) is 56.0 Å². The van der Waals surface area contributed by atoms with Crippen molar-refractivity contribution in [1.82, 2.24) is 0 Å². The van der Waals surface area contributed by atoms with Crippen LogP contribution in [0.15, 0.2) is 48.5 Å². The summed E-state index contributed by atoms with van der Waals surface area (Å²) in [7, 11) is 0. The molecule has 0 bridgehead atoms. The molecule has 1 fully saturated rings. The quantitative estimate of drug-likeness (QED) is 0.855. The highest BCUT2D eigenvalue weighted by Gasteiger charge is 2.16. The Morgan fingerprint density at radius 3 is 2.43 bits per heavy atom. The van der Waals surface area contributed by atoms with E-state index in [1.165, 1.54) is 18.9 Å². The van der Waals surface area contributed by atoms with E-state index < -0.39 is 0 Å². The zero-order chi connectivity index (χ0) is 14.5. The number of rotatable bonds is 5. The molecule has 0 aromatic heterocycles. The second kappa shape index (κ2) is 6.61. The topological polar surface area (TPSA) is 21.3 Å². The molecule has 2 nitrogen and oxygen atoms in total. The lowest BCUT2D eigenvalue weighted by Gasteiger charge is -2.13. The molecule has 1 aliphatic carbocycles. The van der Waals surface area contributed by atoms with Crippen molar-refractivity contribution in [3.05, 3.63) is 59.9 Å². The van der Waals surface area contributed by atoms with Crippen LogP contribution in [0.3, 0.4) is 0 Å². The van der Waals surface area contributed by atoms with E-state index in [0.717, 1.165) is 24.3 Å². The minimum absolute atomic E-state index is 0.175. The number of ether oxygens (including phenoxy) is 1. The lowest BCUT2D eigenvalue weighted by atomic mass is 10.2. The van der Waals surface area contributed by atoms with E-state index in [4.69, 9.17) is 4.74 Å². The van der Waals surface area contributed by atoms with Crippen LogP contribution in [0.2, 0.25) is 0 Å². The number of anilines is 1. The maximum atomic E-state index is 13.5. The van der Waals surface area contributed by atoms with Crippen LogP contribution in [0.4, 0.5) is 10.1 Å². The van der Waals surface area contributed by atoms with Gasteiger partial charge in [-0.2, -0.15) is 0 Å². The van der Waals surface area contributed by atoms with Crippen LogP contribution in [-0.4, -0.2) is 6.10 Å². The Balaban J connectivity index is 1.55. The molecule has 2 aromatic rings. The number of benzene rings is 2. The predicted octanol–water partition coefficient (Wildman–Crippen LogP) is 4.76. The Kier molecular flexibility index (Phi) is 4.39. The smallest absolute Gasteiger partial charge is 0.128 e. The maximum Gasteiger partial charge on any atom is 0.128 e. The van der Waals surface area contributed by atoms with Crippen LogP contribution in [-0.2, 0) is 6.54 Å². The van der Waals surface area contributed by atoms with Gasteiger partial charge >= 0.3 is 0 Å². The largest absolute Gasteiger partial charge is 0.490 e. The minimum Gasteiger partial charge on any atom is -0.490 e. The van der Waals surface area contributed by atoms with E-state index in [1.54, 1.807) is 12.1 Å². The molecule has 2 aromatic carbocycles. The highest BCUT2D eigenvalue weighted by atomic mass is 19.1. The third-order valence-corrected chi connectivity index (χ3v) is 3.90. The van der Waals surface area contributed by atoms with Crippen LogP contribution in [0.25, 0.3) is 0 Å². The van der Waals surface area contributed by atoms with Crippen LogP contribution in [0, 0.1) is 5.82 Å². The molecule has 0 spiro atoms. The molecule has 0 heterocycles. The number of nitrogens with one attached hydrogen (secondary N) is 1. The van der Waals surface area contributed by atoms with Gasteiger partial charge in [-0.3, -0.25) is 0 Å². The normalized spacial score (nSPS) is 15.1. The molecule has 1 saturated carbocycles. The van der Waals surface area contributed by atoms with Crippen molar-refractivity contribution in [2.45, 2.75) is 38.3 Å². The Hall–Kier alpha value is -2.03. The zero-order valence-corrected chi connectivity index (χ0v) is 12.0. The monoisotopic (exact) mass is 285 g/mol. The lowest BCUT2D eigenvalue weighted by molar-refractivity contribution is 0.210. The van der Waals surface area contributed by atoms with Gasteiger partial charge in [0.05, 0.1) is 6.10 Å². The van der Waals surface area contributed by atoms with Gasteiger partial charge in [-0.15, -0.1) is 0 Å². The summed E-state index contributed by atoms with van der Waals surface area (Å²) in [6, 6.07) is 14.7. The lowest BCUT2D eigenvalue weighted by Crippen LogP contribution is -2.10. The van der Waals surface area contributed by atoms with E-state index in [9.17, 15) is 4.39 Å². The van der Waals surface area contributed by atoms with E-state index >= 15 is 0 Å². The Morgan fingerprint density at radius 2 is 1.71 bits per heavy atom. The molecular weight excluding hydrogens is 265 g/mol. The zero-order valence-electron chi connectivity index (χ0n) is 12.0. The third-order valence-electron chi connectivity index (χ3n) is 3.90. The molecule has 3 heteroatoms. The van der Waals surface area contributed by atoms with Crippen LogP contribution >= 0.6 is 0 Å². The summed E-state index contributed by atoms with van der Waals surface area (Å²) in [4.78, 5) is 0. The fourth-order valence-corrected chi connectivity index (χ4v) is 2.69. The summed E-state index contributed by atoms with van der Waals surface area (Å²) in [5.74, 6) is 0.740. The summed E-state index contributed by atoms with van der Waals surface area (Å²) >= 11 is 0. The van der Waals surface area contributed by atoms with Gasteiger partial charge in [0, 0.05) is 17.8 Å². The van der Waals surface area contributed by atoms with Gasteiger partial charge in [0.1, 0.15) is 11.6 Å².